The van der Waals surface area contributed by atoms with Crippen molar-refractivity contribution in [1.29, 1.82) is 0 Å². The third-order valence-electron chi connectivity index (χ3n) is 4.17. The van der Waals surface area contributed by atoms with Crippen molar-refractivity contribution in [1.82, 2.24) is 9.97 Å². The molecule has 1 amide bonds. The summed E-state index contributed by atoms with van der Waals surface area (Å²) in [6, 6.07) is 8.82. The van der Waals surface area contributed by atoms with Gasteiger partial charge in [-0.3, -0.25) is 9.78 Å². The zero-order valence-electron chi connectivity index (χ0n) is 13.1. The average Bonchev–Trinajstić information content (AvgIpc) is 3.46. The molecule has 1 fully saturated rings. The first-order chi connectivity index (χ1) is 12.2. The second-order valence-electron chi connectivity index (χ2n) is 5.95. The van der Waals surface area contributed by atoms with Crippen molar-refractivity contribution < 1.29 is 4.79 Å². The molecule has 1 aliphatic carbocycles. The van der Waals surface area contributed by atoms with Crippen molar-refractivity contribution in [3.05, 3.63) is 52.7 Å². The molecule has 1 aromatic carbocycles. The van der Waals surface area contributed by atoms with Crippen molar-refractivity contribution in [3.8, 4) is 11.3 Å². The SMILES string of the molecule is O=Nc1c(-c2ccccc2Cl)ncc2cc(NC(=O)C3CC3)ncc12. The van der Waals surface area contributed by atoms with Crippen LogP contribution in [0, 0.1) is 10.8 Å². The number of carbonyl (C=O) groups excluding carboxylic acids is 1. The highest BCUT2D eigenvalue weighted by Gasteiger charge is 2.29. The molecule has 0 aliphatic heterocycles. The minimum absolute atomic E-state index is 0.0266. The molecule has 1 N–H and O–H groups in total. The van der Waals surface area contributed by atoms with Gasteiger partial charge in [0.05, 0.1) is 5.02 Å². The summed E-state index contributed by atoms with van der Waals surface area (Å²) < 4.78 is 0. The third-order valence-corrected chi connectivity index (χ3v) is 4.50. The summed E-state index contributed by atoms with van der Waals surface area (Å²) in [5.74, 6) is 0.500. The summed E-state index contributed by atoms with van der Waals surface area (Å²) in [6.45, 7) is 0. The van der Waals surface area contributed by atoms with Crippen LogP contribution in [-0.2, 0) is 4.79 Å². The molecule has 6 nitrogen and oxygen atoms in total. The van der Waals surface area contributed by atoms with E-state index >= 15 is 0 Å². The van der Waals surface area contributed by atoms with Gasteiger partial charge in [0.25, 0.3) is 0 Å². The maximum Gasteiger partial charge on any atom is 0.228 e. The number of halogens is 1. The van der Waals surface area contributed by atoms with Crippen LogP contribution in [0.1, 0.15) is 12.8 Å². The average molecular weight is 353 g/mol. The molecule has 124 valence electrons. The first-order valence-corrected chi connectivity index (χ1v) is 8.23. The number of carbonyl (C=O) groups is 1. The van der Waals surface area contributed by atoms with Gasteiger partial charge in [-0.2, -0.15) is 0 Å². The first kappa shape index (κ1) is 15.7. The number of hydrogen-bond donors (Lipinski definition) is 1. The number of fused-ring (bicyclic) bond motifs is 1. The molecule has 1 aliphatic rings. The Morgan fingerprint density at radius 3 is 2.72 bits per heavy atom. The number of nitrogens with zero attached hydrogens (tertiary/aromatic N) is 3. The summed E-state index contributed by atoms with van der Waals surface area (Å²) in [7, 11) is 0. The predicted molar refractivity (Wildman–Crippen MR) is 96.8 cm³/mol. The lowest BCUT2D eigenvalue weighted by molar-refractivity contribution is -0.117. The zero-order valence-corrected chi connectivity index (χ0v) is 13.8. The number of nitroso groups, excluding NO2 is 1. The number of amides is 1. The molecule has 0 atom stereocenters. The van der Waals surface area contributed by atoms with Crippen LogP contribution < -0.4 is 5.32 Å². The number of anilines is 1. The molecular formula is C18H13ClN4O2. The zero-order chi connectivity index (χ0) is 17.4. The topological polar surface area (TPSA) is 84.3 Å². The van der Waals surface area contributed by atoms with E-state index in [9.17, 15) is 9.70 Å². The minimum Gasteiger partial charge on any atom is -0.310 e. The van der Waals surface area contributed by atoms with Gasteiger partial charge >= 0.3 is 0 Å². The highest BCUT2D eigenvalue weighted by molar-refractivity contribution is 6.33. The fraction of sp³-hybridized carbons (Fsp3) is 0.167. The van der Waals surface area contributed by atoms with E-state index in [0.29, 0.717) is 32.9 Å². The Balaban J connectivity index is 1.79. The van der Waals surface area contributed by atoms with E-state index in [1.807, 2.05) is 6.07 Å². The number of rotatable bonds is 4. The second-order valence-corrected chi connectivity index (χ2v) is 6.35. The molecule has 2 heterocycles. The Morgan fingerprint density at radius 1 is 1.20 bits per heavy atom. The van der Waals surface area contributed by atoms with Crippen LogP contribution in [0.3, 0.4) is 0 Å². The van der Waals surface area contributed by atoms with Gasteiger partial charge in [-0.1, -0.05) is 29.8 Å². The van der Waals surface area contributed by atoms with Crippen molar-refractivity contribution in [2.45, 2.75) is 12.8 Å². The number of aromatic nitrogens is 2. The lowest BCUT2D eigenvalue weighted by Crippen LogP contribution is -2.14. The summed E-state index contributed by atoms with van der Waals surface area (Å²) in [5, 5.41) is 7.65. The van der Waals surface area contributed by atoms with Gasteiger partial charge in [-0.25, -0.2) is 4.98 Å². The maximum atomic E-state index is 11.9. The second kappa shape index (κ2) is 6.22. The fourth-order valence-electron chi connectivity index (χ4n) is 2.68. The largest absolute Gasteiger partial charge is 0.310 e. The van der Waals surface area contributed by atoms with E-state index in [1.54, 1.807) is 30.5 Å². The van der Waals surface area contributed by atoms with Crippen LogP contribution in [0.15, 0.2) is 47.9 Å². The third kappa shape index (κ3) is 2.96. The minimum atomic E-state index is -0.0266. The number of hydrogen-bond acceptors (Lipinski definition) is 5. The monoisotopic (exact) mass is 352 g/mol. The molecule has 0 bridgehead atoms. The summed E-state index contributed by atoms with van der Waals surface area (Å²) >= 11 is 6.21. The van der Waals surface area contributed by atoms with Crippen LogP contribution in [0.25, 0.3) is 22.0 Å². The molecule has 0 unspecified atom stereocenters. The van der Waals surface area contributed by atoms with Gasteiger partial charge in [-0.15, -0.1) is 4.91 Å². The highest BCUT2D eigenvalue weighted by atomic mass is 35.5. The van der Waals surface area contributed by atoms with Gasteiger partial charge in [0.2, 0.25) is 5.91 Å². The lowest BCUT2D eigenvalue weighted by Gasteiger charge is -2.09. The Labute approximate surface area is 148 Å². The van der Waals surface area contributed by atoms with Crippen molar-refractivity contribution in [2.24, 2.45) is 11.1 Å². The molecule has 0 radical (unpaired) electrons. The first-order valence-electron chi connectivity index (χ1n) is 7.85. The van der Waals surface area contributed by atoms with Gasteiger partial charge in [0.1, 0.15) is 17.2 Å². The van der Waals surface area contributed by atoms with Gasteiger partial charge in [-0.05, 0) is 30.2 Å². The van der Waals surface area contributed by atoms with E-state index in [2.05, 4.69) is 20.5 Å². The molecule has 0 spiro atoms. The van der Waals surface area contributed by atoms with Crippen LogP contribution in [0.5, 0.6) is 0 Å². The Morgan fingerprint density at radius 2 is 2.00 bits per heavy atom. The van der Waals surface area contributed by atoms with Gasteiger partial charge in [0.15, 0.2) is 0 Å². The van der Waals surface area contributed by atoms with E-state index in [-0.39, 0.29) is 17.5 Å². The molecule has 0 saturated heterocycles. The van der Waals surface area contributed by atoms with Crippen LogP contribution in [-0.4, -0.2) is 15.9 Å². The maximum absolute atomic E-state index is 11.9. The quantitative estimate of drug-likeness (QED) is 0.690. The smallest absolute Gasteiger partial charge is 0.228 e. The molecule has 1 saturated carbocycles. The molecular weight excluding hydrogens is 340 g/mol. The van der Waals surface area contributed by atoms with E-state index < -0.39 is 0 Å². The Hall–Kier alpha value is -2.86. The van der Waals surface area contributed by atoms with E-state index in [1.165, 1.54) is 6.20 Å². The molecule has 7 heteroatoms. The Bertz CT molecular complexity index is 1000. The predicted octanol–water partition coefficient (Wildman–Crippen LogP) is 4.70. The molecule has 4 rings (SSSR count). The Kier molecular flexibility index (Phi) is 3.89. The summed E-state index contributed by atoms with van der Waals surface area (Å²) in [6.07, 6.45) is 4.98. The molecule has 2 aromatic heterocycles. The number of pyridine rings is 2. The number of benzene rings is 1. The number of nitrogens with one attached hydrogen (secondary N) is 1. The van der Waals surface area contributed by atoms with Crippen molar-refractivity contribution >= 4 is 39.8 Å². The normalized spacial score (nSPS) is 13.6. The van der Waals surface area contributed by atoms with Crippen LogP contribution in [0.2, 0.25) is 5.02 Å². The van der Waals surface area contributed by atoms with E-state index in [4.69, 9.17) is 11.6 Å². The molecule has 25 heavy (non-hydrogen) atoms. The molecule has 3 aromatic rings. The summed E-state index contributed by atoms with van der Waals surface area (Å²) in [4.78, 5) is 31.9. The highest BCUT2D eigenvalue weighted by Crippen LogP contribution is 2.38. The van der Waals surface area contributed by atoms with Crippen LogP contribution >= 0.6 is 11.6 Å². The van der Waals surface area contributed by atoms with Crippen LogP contribution in [0.4, 0.5) is 11.5 Å². The standard InChI is InChI=1S/C18H13ClN4O2/c19-14-4-2-1-3-12(14)16-17(23-25)13-9-20-15(7-11(13)8-21-16)22-18(24)10-5-6-10/h1-4,7-10H,5-6H2,(H,20,22,24). The van der Waals surface area contributed by atoms with E-state index in [0.717, 1.165) is 12.8 Å². The summed E-state index contributed by atoms with van der Waals surface area (Å²) in [5.41, 5.74) is 1.22. The lowest BCUT2D eigenvalue weighted by atomic mass is 10.1. The van der Waals surface area contributed by atoms with Crippen molar-refractivity contribution in [2.75, 3.05) is 5.32 Å². The van der Waals surface area contributed by atoms with Crippen molar-refractivity contribution in [3.63, 3.8) is 0 Å². The van der Waals surface area contributed by atoms with Gasteiger partial charge < -0.3 is 5.32 Å². The van der Waals surface area contributed by atoms with Gasteiger partial charge in [0, 0.05) is 34.6 Å². The fourth-order valence-corrected chi connectivity index (χ4v) is 2.91.